The van der Waals surface area contributed by atoms with Gasteiger partial charge in [-0.3, -0.25) is 62.3 Å². The number of hydrogen-bond donors (Lipinski definition) is 9. The van der Waals surface area contributed by atoms with E-state index in [0.29, 0.717) is 113 Å². The quantitative estimate of drug-likeness (QED) is 0.0245. The van der Waals surface area contributed by atoms with Crippen LogP contribution in [0.25, 0.3) is 33.1 Å². The van der Waals surface area contributed by atoms with Gasteiger partial charge in [0, 0.05) is 148 Å². The number of carbonyl (C=O) groups excluding carboxylic acids is 9. The first-order valence-corrected chi connectivity index (χ1v) is 38.9. The number of methoxy groups -OCH3 is 1. The van der Waals surface area contributed by atoms with Crippen LogP contribution in [0.3, 0.4) is 0 Å². The summed E-state index contributed by atoms with van der Waals surface area (Å²) in [7, 11) is 11.6. The molecule has 0 saturated carbocycles. The maximum absolute atomic E-state index is 14.3. The lowest BCUT2D eigenvalue weighted by atomic mass is 10.00. The van der Waals surface area contributed by atoms with Crippen molar-refractivity contribution in [2.75, 3.05) is 147 Å². The Labute approximate surface area is 684 Å². The second-order valence-electron chi connectivity index (χ2n) is 27.9. The number of pyridine rings is 2. The van der Waals surface area contributed by atoms with Crippen LogP contribution in [0, 0.1) is 13.8 Å². The third-order valence-electron chi connectivity index (χ3n) is 19.1. The molecule has 10 aromatic rings. The van der Waals surface area contributed by atoms with Crippen molar-refractivity contribution >= 4 is 98.1 Å². The zero-order chi connectivity index (χ0) is 85.1. The van der Waals surface area contributed by atoms with E-state index < -0.39 is 47.4 Å². The normalized spacial score (nSPS) is 11.6. The molecule has 0 aliphatic carbocycles. The molecular weight excluding hydrogens is 1540 g/mol. The Morgan fingerprint density at radius 1 is 0.546 bits per heavy atom. The first kappa shape index (κ1) is 88.6. The molecule has 0 spiro atoms. The lowest BCUT2D eigenvalue weighted by Crippen LogP contribution is -2.33. The zero-order valence-corrected chi connectivity index (χ0v) is 68.4. The Bertz CT molecular complexity index is 5220. The molecule has 0 aliphatic heterocycles. The molecule has 10 rings (SSSR count). The number of amides is 9. The van der Waals surface area contributed by atoms with Crippen molar-refractivity contribution in [3.8, 4) is 16.9 Å². The molecule has 0 fully saturated rings. The average molecular weight is 1650 g/mol. The van der Waals surface area contributed by atoms with Gasteiger partial charge in [-0.15, -0.1) is 0 Å². The number of benzene rings is 1. The summed E-state index contributed by atoms with van der Waals surface area (Å²) in [6, 6.07) is 12.1. The van der Waals surface area contributed by atoms with Crippen LogP contribution in [0.4, 0.5) is 23.0 Å². The molecule has 40 heteroatoms. The van der Waals surface area contributed by atoms with Crippen LogP contribution in [0.15, 0.2) is 101 Å². The molecule has 0 aliphatic rings. The van der Waals surface area contributed by atoms with E-state index in [0.717, 1.165) is 40.9 Å². The van der Waals surface area contributed by atoms with Crippen LogP contribution in [0.5, 0.6) is 5.75 Å². The van der Waals surface area contributed by atoms with Crippen molar-refractivity contribution in [1.82, 2.24) is 93.5 Å². The summed E-state index contributed by atoms with van der Waals surface area (Å²) in [5.41, 5.74) is 5.72. The molecule has 9 N–H and O–H groups in total. The molecule has 9 amide bonds. The molecule has 0 saturated heterocycles. The van der Waals surface area contributed by atoms with Crippen LogP contribution in [-0.2, 0) is 84.6 Å². The lowest BCUT2D eigenvalue weighted by Gasteiger charge is -2.16. The summed E-state index contributed by atoms with van der Waals surface area (Å²) in [6.45, 7) is 11.5. The van der Waals surface area contributed by atoms with E-state index in [1.54, 1.807) is 87.0 Å². The van der Waals surface area contributed by atoms with Crippen molar-refractivity contribution in [2.24, 2.45) is 35.2 Å². The summed E-state index contributed by atoms with van der Waals surface area (Å²) < 4.78 is 50.6. The highest BCUT2D eigenvalue weighted by Crippen LogP contribution is 2.40. The van der Waals surface area contributed by atoms with Crippen molar-refractivity contribution < 1.29 is 76.1 Å². The van der Waals surface area contributed by atoms with Crippen molar-refractivity contribution in [3.63, 3.8) is 0 Å². The number of carbonyl (C=O) groups is 9. The Morgan fingerprint density at radius 2 is 1.13 bits per heavy atom. The van der Waals surface area contributed by atoms with Gasteiger partial charge in [0.05, 0.1) is 137 Å². The van der Waals surface area contributed by atoms with Crippen molar-refractivity contribution in [3.05, 3.63) is 149 Å². The second-order valence-corrected chi connectivity index (χ2v) is 27.9. The fourth-order valence-electron chi connectivity index (χ4n) is 13.0. The van der Waals surface area contributed by atoms with E-state index in [2.05, 4.69) is 77.8 Å². The predicted octanol–water partition coefficient (Wildman–Crippen LogP) is 3.77. The van der Waals surface area contributed by atoms with E-state index >= 15 is 0 Å². The highest BCUT2D eigenvalue weighted by molar-refractivity contribution is 6.08. The monoisotopic (exact) mass is 1650 g/mol. The van der Waals surface area contributed by atoms with Gasteiger partial charge in [0.1, 0.15) is 22.9 Å². The third-order valence-corrected chi connectivity index (χ3v) is 19.1. The summed E-state index contributed by atoms with van der Waals surface area (Å²) >= 11 is 0. The molecule has 636 valence electrons. The minimum absolute atomic E-state index is 0.0131. The highest BCUT2D eigenvalue weighted by Gasteiger charge is 2.28. The summed E-state index contributed by atoms with van der Waals surface area (Å²) in [5.74, 6) is -2.69. The SMILES string of the molecule is COc1cc2c(cc1-c1c(C)noc1C)ncc1c2n([C@H](C)c2ccccn2)c(=O)n1CCOCCOCCOCCOCCOCCC(=O)NCCCN(C)CCCNC(=O)CCNC(=O)c1nc(NC(=O)CCNC(=O)c2c(NC(=O)c3nc(NC(=O)CCNC(=O)c4cc(NC(=O)c5nccn5C)cn4C)cn3C)ccn2C)cn1C. The summed E-state index contributed by atoms with van der Waals surface area (Å²) in [5, 5.41) is 29.3. The number of imidazole rings is 4. The van der Waals surface area contributed by atoms with Crippen molar-refractivity contribution in [1.29, 1.82) is 0 Å². The van der Waals surface area contributed by atoms with E-state index in [4.69, 9.17) is 37.9 Å². The number of anilines is 4. The number of ether oxygens (including phenoxy) is 6. The van der Waals surface area contributed by atoms with Gasteiger partial charge in [0.15, 0.2) is 17.5 Å². The van der Waals surface area contributed by atoms with Crippen LogP contribution >= 0.6 is 0 Å². The Balaban J connectivity index is 0.504. The van der Waals surface area contributed by atoms with Gasteiger partial charge in [-0.2, -0.15) is 0 Å². The summed E-state index contributed by atoms with van der Waals surface area (Å²) in [6.07, 6.45) is 13.9. The van der Waals surface area contributed by atoms with Crippen LogP contribution in [0.2, 0.25) is 0 Å². The molecule has 1 aromatic carbocycles. The number of rotatable bonds is 48. The van der Waals surface area contributed by atoms with Gasteiger partial charge in [0.2, 0.25) is 35.3 Å². The van der Waals surface area contributed by atoms with Crippen LogP contribution in [-0.4, -0.2) is 246 Å². The van der Waals surface area contributed by atoms with E-state index in [1.165, 1.54) is 49.0 Å². The molecule has 119 heavy (non-hydrogen) atoms. The first-order chi connectivity index (χ1) is 57.4. The minimum atomic E-state index is -0.696. The average Bonchev–Trinajstić information content (AvgIpc) is 1.59. The van der Waals surface area contributed by atoms with Gasteiger partial charge in [-0.25, -0.2) is 19.7 Å². The van der Waals surface area contributed by atoms with E-state index in [-0.39, 0.29) is 129 Å². The maximum Gasteiger partial charge on any atom is 0.329 e. The third kappa shape index (κ3) is 24.4. The number of fused-ring (bicyclic) bond motifs is 3. The lowest BCUT2D eigenvalue weighted by molar-refractivity contribution is -0.122. The number of aryl methyl sites for hydroxylation is 7. The van der Waals surface area contributed by atoms with Crippen molar-refractivity contribution in [2.45, 2.75) is 71.9 Å². The maximum atomic E-state index is 14.3. The fourth-order valence-corrected chi connectivity index (χ4v) is 13.0. The minimum Gasteiger partial charge on any atom is -0.496 e. The van der Waals surface area contributed by atoms with Gasteiger partial charge in [-0.05, 0) is 90.1 Å². The first-order valence-electron chi connectivity index (χ1n) is 38.9. The Hall–Kier alpha value is -12.8. The van der Waals surface area contributed by atoms with Gasteiger partial charge >= 0.3 is 5.69 Å². The Kier molecular flexibility index (Phi) is 32.3. The number of aromatic nitrogens is 13. The number of nitrogens with zero attached hydrogens (tertiary/aromatic N) is 14. The molecule has 0 radical (unpaired) electrons. The van der Waals surface area contributed by atoms with Crippen LogP contribution in [0.1, 0.15) is 121 Å². The summed E-state index contributed by atoms with van der Waals surface area (Å²) in [4.78, 5) is 155. The standard InChI is InChI=1S/C79H103N23O17/c1-50-68(52(3)119-94-50)55-44-58-54(45-61(55)113-10)69-60(46-87-58)101(79(112)102(69)51(2)56-15-11-12-21-80-56)32-34-115-36-38-117-40-42-118-41-39-116-37-35-114-33-20-65(104)82-23-14-29-95(4)28-13-22-81-64(103)16-24-86-76(109)72-92-62(48-99(72)8)90-67(106)18-26-85-75(108)70-57(19-30-96(70)5)89-78(111)73-93-63(49-100(73)9)91-66(105)17-25-84-74(107)59-43-53(47-98(59)7)88-77(110)71-83-27-31-97(71)6/h11-12,15,19,21,27,30-31,43-49,51H,13-14,16-18,20,22-26,28-29,32-42H2,1-10H3,(H,81,103)(H,82,104)(H,84,107)(H,85,108)(H,86,109)(H,88,110)(H,89,111)(H,90,106)(H,91,105)/t51-/m1/s1. The topological polar surface area (TPSA) is 463 Å². The molecule has 40 nitrogen and oxygen atoms in total. The number of nitrogens with one attached hydrogen (secondary N) is 9. The molecule has 9 aromatic heterocycles. The van der Waals surface area contributed by atoms with Crippen LogP contribution < -0.4 is 58.3 Å². The highest BCUT2D eigenvalue weighted by atomic mass is 16.6. The molecular formula is C79H103N23O17. The molecule has 0 bridgehead atoms. The van der Waals surface area contributed by atoms with Gasteiger partial charge in [0.25, 0.3) is 29.5 Å². The fraction of sp³-hybridized carbons (Fsp3) is 0.443. The number of hydrogen-bond acceptors (Lipinski definition) is 24. The van der Waals surface area contributed by atoms with Gasteiger partial charge < -0.3 is 109 Å². The Morgan fingerprint density at radius 3 is 1.71 bits per heavy atom. The van der Waals surface area contributed by atoms with E-state index in [1.807, 2.05) is 58.2 Å². The molecule has 9 heterocycles. The van der Waals surface area contributed by atoms with E-state index in [9.17, 15) is 47.9 Å². The molecule has 0 unspecified atom stereocenters. The van der Waals surface area contributed by atoms with Gasteiger partial charge in [-0.1, -0.05) is 11.2 Å². The smallest absolute Gasteiger partial charge is 0.329 e. The second kappa shape index (κ2) is 43.4. The molecule has 1 atom stereocenters. The zero-order valence-electron chi connectivity index (χ0n) is 68.4. The predicted molar refractivity (Wildman–Crippen MR) is 437 cm³/mol. The largest absolute Gasteiger partial charge is 0.496 e.